The maximum Gasteiger partial charge on any atom is 0.103 e. The maximum absolute atomic E-state index is 12.3. The minimum Gasteiger partial charge on any atom is -0.747 e. The number of hydrogen-bond acceptors (Lipinski definition) is 5. The predicted octanol–water partition coefficient (Wildman–Crippen LogP) is 2.72. The second kappa shape index (κ2) is 6.20. The van der Waals surface area contributed by atoms with Gasteiger partial charge in [-0.3, -0.25) is 9.88 Å². The summed E-state index contributed by atoms with van der Waals surface area (Å²) in [6, 6.07) is 8.82. The molecular formula is C19H21N2O3S-. The van der Waals surface area contributed by atoms with Gasteiger partial charge in [0.2, 0.25) is 0 Å². The summed E-state index contributed by atoms with van der Waals surface area (Å²) < 4.78 is 36.8. The first-order chi connectivity index (χ1) is 12.0. The van der Waals surface area contributed by atoms with Crippen molar-refractivity contribution in [1.82, 2.24) is 9.88 Å². The molecule has 6 heteroatoms. The van der Waals surface area contributed by atoms with E-state index in [1.807, 2.05) is 30.3 Å². The Kier molecular flexibility index (Phi) is 4.14. The van der Waals surface area contributed by atoms with Crippen molar-refractivity contribution >= 4 is 21.0 Å². The zero-order valence-electron chi connectivity index (χ0n) is 13.9. The van der Waals surface area contributed by atoms with Gasteiger partial charge in [-0.15, -0.1) is 6.58 Å². The van der Waals surface area contributed by atoms with Crippen molar-refractivity contribution in [3.63, 3.8) is 0 Å². The fraction of sp³-hybridized carbons (Fsp3) is 0.421. The van der Waals surface area contributed by atoms with Gasteiger partial charge in [0.1, 0.15) is 10.1 Å². The number of hydrogen-bond donors (Lipinski definition) is 0. The van der Waals surface area contributed by atoms with Crippen LogP contribution in [0.5, 0.6) is 0 Å². The van der Waals surface area contributed by atoms with Gasteiger partial charge < -0.3 is 4.55 Å². The molecule has 3 saturated heterocycles. The first kappa shape index (κ1) is 16.7. The van der Waals surface area contributed by atoms with Crippen LogP contribution in [0.4, 0.5) is 0 Å². The van der Waals surface area contributed by atoms with Crippen molar-refractivity contribution in [2.24, 2.45) is 11.8 Å². The van der Waals surface area contributed by atoms with Gasteiger partial charge in [0.25, 0.3) is 0 Å². The van der Waals surface area contributed by atoms with E-state index in [1.165, 1.54) is 0 Å². The zero-order valence-corrected chi connectivity index (χ0v) is 14.7. The van der Waals surface area contributed by atoms with E-state index in [9.17, 15) is 13.0 Å². The standard InChI is InChI=1S/C19H22N2O3S/c1-2-13-12-21-10-8-14(13)11-18(21)19(25(22,23)24)16-7-9-20-17-6-4-3-5-15(16)17/h2-7,9,13-14,18-19H,1,8,10-12H2,(H,22,23,24)/p-1/t13?,14?,18?,19-/m0/s1. The molecule has 2 aromatic rings. The number of rotatable bonds is 4. The molecule has 5 nitrogen and oxygen atoms in total. The molecule has 5 rings (SSSR count). The van der Waals surface area contributed by atoms with E-state index in [0.717, 1.165) is 31.3 Å². The van der Waals surface area contributed by atoms with Crippen molar-refractivity contribution in [3.05, 3.63) is 54.7 Å². The summed E-state index contributed by atoms with van der Waals surface area (Å²) in [6.07, 6.45) is 5.32. The summed E-state index contributed by atoms with van der Waals surface area (Å²) in [6.45, 7) is 5.53. The van der Waals surface area contributed by atoms with Crippen LogP contribution in [0.3, 0.4) is 0 Å². The third-order valence-corrected chi connectivity index (χ3v) is 6.99. The monoisotopic (exact) mass is 357 g/mol. The van der Waals surface area contributed by atoms with Crippen LogP contribution in [0, 0.1) is 11.8 Å². The SMILES string of the molecule is C=CC1CN2CCC1CC2[C@H](c1ccnc2ccccc12)S(=O)(=O)[O-]. The molecule has 0 aliphatic carbocycles. The third-order valence-electron chi connectivity index (χ3n) is 5.80. The molecular weight excluding hydrogens is 336 g/mol. The fourth-order valence-electron chi connectivity index (χ4n) is 4.61. The maximum atomic E-state index is 12.3. The molecule has 0 amide bonds. The van der Waals surface area contributed by atoms with E-state index in [0.29, 0.717) is 22.9 Å². The molecule has 0 radical (unpaired) electrons. The van der Waals surface area contributed by atoms with Gasteiger partial charge in [-0.25, -0.2) is 8.42 Å². The Bertz CT molecular complexity index is 907. The number of pyridine rings is 1. The number of benzene rings is 1. The Labute approximate surface area is 148 Å². The lowest BCUT2D eigenvalue weighted by Crippen LogP contribution is -2.55. The van der Waals surface area contributed by atoms with Crippen LogP contribution in [-0.4, -0.2) is 42.0 Å². The number of aromatic nitrogens is 1. The van der Waals surface area contributed by atoms with E-state index >= 15 is 0 Å². The van der Waals surface area contributed by atoms with Crippen molar-refractivity contribution in [3.8, 4) is 0 Å². The molecule has 2 bridgehead atoms. The molecule has 132 valence electrons. The molecule has 4 unspecified atom stereocenters. The van der Waals surface area contributed by atoms with Crippen LogP contribution in [0.2, 0.25) is 0 Å². The quantitative estimate of drug-likeness (QED) is 0.621. The van der Waals surface area contributed by atoms with Crippen LogP contribution in [-0.2, 0) is 10.1 Å². The highest BCUT2D eigenvalue weighted by Crippen LogP contribution is 2.44. The third kappa shape index (κ3) is 2.88. The molecule has 0 saturated carbocycles. The van der Waals surface area contributed by atoms with Gasteiger partial charge >= 0.3 is 0 Å². The Morgan fingerprint density at radius 3 is 2.80 bits per heavy atom. The molecule has 0 spiro atoms. The van der Waals surface area contributed by atoms with Crippen molar-refractivity contribution in [2.75, 3.05) is 13.1 Å². The van der Waals surface area contributed by atoms with Gasteiger partial charge in [-0.2, -0.15) is 0 Å². The van der Waals surface area contributed by atoms with E-state index in [1.54, 1.807) is 12.3 Å². The highest BCUT2D eigenvalue weighted by Gasteiger charge is 2.44. The Morgan fingerprint density at radius 1 is 1.32 bits per heavy atom. The van der Waals surface area contributed by atoms with Crippen LogP contribution in [0.1, 0.15) is 23.7 Å². The van der Waals surface area contributed by atoms with Crippen molar-refractivity contribution < 1.29 is 13.0 Å². The number of piperidine rings is 3. The largest absolute Gasteiger partial charge is 0.747 e. The summed E-state index contributed by atoms with van der Waals surface area (Å²) in [5, 5.41) is -0.314. The second-order valence-corrected chi connectivity index (χ2v) is 8.57. The Hall–Kier alpha value is -1.76. The summed E-state index contributed by atoms with van der Waals surface area (Å²) in [5.41, 5.74) is 1.29. The molecule has 1 aromatic carbocycles. The van der Waals surface area contributed by atoms with Crippen LogP contribution < -0.4 is 0 Å². The molecule has 5 atom stereocenters. The molecule has 0 N–H and O–H groups in total. The zero-order chi connectivity index (χ0) is 17.6. The first-order valence-electron chi connectivity index (χ1n) is 8.64. The van der Waals surface area contributed by atoms with Gasteiger partial charge in [0, 0.05) is 24.2 Å². The minimum absolute atomic E-state index is 0.275. The highest BCUT2D eigenvalue weighted by atomic mass is 32.2. The van der Waals surface area contributed by atoms with Gasteiger partial charge in [-0.05, 0) is 48.9 Å². The van der Waals surface area contributed by atoms with E-state index in [4.69, 9.17) is 0 Å². The molecule has 3 aliphatic heterocycles. The average molecular weight is 357 g/mol. The number of nitrogens with zero attached hydrogens (tertiary/aromatic N) is 2. The lowest BCUT2D eigenvalue weighted by atomic mass is 9.74. The van der Waals surface area contributed by atoms with E-state index in [2.05, 4.69) is 16.5 Å². The minimum atomic E-state index is -4.50. The average Bonchev–Trinajstić information content (AvgIpc) is 2.61. The molecule has 3 aliphatic rings. The highest BCUT2D eigenvalue weighted by molar-refractivity contribution is 7.86. The molecule has 25 heavy (non-hydrogen) atoms. The topological polar surface area (TPSA) is 73.3 Å². The van der Waals surface area contributed by atoms with Crippen LogP contribution >= 0.6 is 0 Å². The number of fused-ring (bicyclic) bond motifs is 4. The molecule has 1 aromatic heterocycles. The summed E-state index contributed by atoms with van der Waals surface area (Å²) in [5.74, 6) is 0.791. The fourth-order valence-corrected chi connectivity index (χ4v) is 5.80. The van der Waals surface area contributed by atoms with Gasteiger partial charge in [-0.1, -0.05) is 24.3 Å². The summed E-state index contributed by atoms with van der Waals surface area (Å²) in [7, 11) is -4.50. The first-order valence-corrected chi connectivity index (χ1v) is 10.1. The Balaban J connectivity index is 1.82. The predicted molar refractivity (Wildman–Crippen MR) is 96.0 cm³/mol. The number of para-hydroxylation sites is 1. The van der Waals surface area contributed by atoms with E-state index < -0.39 is 15.4 Å². The van der Waals surface area contributed by atoms with Crippen molar-refractivity contribution in [2.45, 2.75) is 24.1 Å². The lowest BCUT2D eigenvalue weighted by Gasteiger charge is -2.52. The molecule has 3 fully saturated rings. The molecule has 4 heterocycles. The second-order valence-electron chi connectivity index (χ2n) is 7.08. The smallest absolute Gasteiger partial charge is 0.103 e. The van der Waals surface area contributed by atoms with Crippen LogP contribution in [0.25, 0.3) is 10.9 Å². The van der Waals surface area contributed by atoms with E-state index in [-0.39, 0.29) is 6.04 Å². The Morgan fingerprint density at radius 2 is 2.12 bits per heavy atom. The summed E-state index contributed by atoms with van der Waals surface area (Å²) in [4.78, 5) is 6.47. The van der Waals surface area contributed by atoms with Crippen molar-refractivity contribution in [1.29, 1.82) is 0 Å². The summed E-state index contributed by atoms with van der Waals surface area (Å²) >= 11 is 0. The van der Waals surface area contributed by atoms with Gasteiger partial charge in [0.15, 0.2) is 0 Å². The van der Waals surface area contributed by atoms with Crippen LogP contribution in [0.15, 0.2) is 49.2 Å². The normalized spacial score (nSPS) is 30.3. The van der Waals surface area contributed by atoms with Gasteiger partial charge in [0.05, 0.1) is 10.8 Å². The lowest BCUT2D eigenvalue weighted by molar-refractivity contribution is 0.0161.